The maximum absolute atomic E-state index is 4.91. The molecule has 0 spiro atoms. The quantitative estimate of drug-likeness (QED) is 0.719. The van der Waals surface area contributed by atoms with Gasteiger partial charge in [-0.1, -0.05) is 29.8 Å². The van der Waals surface area contributed by atoms with Crippen molar-refractivity contribution in [2.24, 2.45) is 0 Å². The third kappa shape index (κ3) is 2.38. The highest BCUT2D eigenvalue weighted by molar-refractivity contribution is 5.72. The van der Waals surface area contributed by atoms with Crippen LogP contribution in [0.2, 0.25) is 0 Å². The first-order valence-electron chi connectivity index (χ1n) is 8.32. The van der Waals surface area contributed by atoms with Crippen molar-refractivity contribution in [2.45, 2.75) is 33.6 Å². The van der Waals surface area contributed by atoms with Gasteiger partial charge in [0, 0.05) is 36.0 Å². The third-order valence-electron chi connectivity index (χ3n) is 4.68. The molecule has 1 fully saturated rings. The highest BCUT2D eigenvalue weighted by Gasteiger charge is 2.20. The van der Waals surface area contributed by atoms with Crippen LogP contribution in [-0.2, 0) is 0 Å². The van der Waals surface area contributed by atoms with Crippen LogP contribution < -0.4 is 4.90 Å². The lowest BCUT2D eigenvalue weighted by Crippen LogP contribution is -2.21. The normalized spacial score (nSPS) is 14.8. The second kappa shape index (κ2) is 5.37. The number of anilines is 1. The number of nitrogens with zero attached hydrogens (tertiary/aromatic N) is 4. The van der Waals surface area contributed by atoms with Crippen LogP contribution in [0.25, 0.3) is 16.9 Å². The third-order valence-corrected chi connectivity index (χ3v) is 4.68. The van der Waals surface area contributed by atoms with Gasteiger partial charge in [-0.2, -0.15) is 9.61 Å². The molecule has 0 amide bonds. The number of aryl methyl sites for hydroxylation is 3. The number of fused-ring (bicyclic) bond motifs is 1. The number of benzene rings is 1. The molecule has 4 heteroatoms. The molecule has 4 nitrogen and oxygen atoms in total. The topological polar surface area (TPSA) is 33.4 Å². The Labute approximate surface area is 136 Å². The average Bonchev–Trinajstić information content (AvgIpc) is 3.17. The standard InChI is InChI=1S/C19H22N4/c1-13-6-8-16(9-7-13)18-15(3)19-20-14(2)12-17(23(19)21-18)22-10-4-5-11-22/h6-9,12H,4-5,10-11H2,1-3H3. The fraction of sp³-hybridized carbons (Fsp3) is 0.368. The Morgan fingerprint density at radius 3 is 2.35 bits per heavy atom. The second-order valence-electron chi connectivity index (χ2n) is 6.52. The van der Waals surface area contributed by atoms with E-state index in [1.807, 2.05) is 4.52 Å². The molecular weight excluding hydrogens is 284 g/mol. The zero-order valence-corrected chi connectivity index (χ0v) is 14.0. The largest absolute Gasteiger partial charge is 0.356 e. The van der Waals surface area contributed by atoms with Gasteiger partial charge in [-0.25, -0.2) is 4.98 Å². The van der Waals surface area contributed by atoms with Gasteiger partial charge in [0.2, 0.25) is 0 Å². The van der Waals surface area contributed by atoms with E-state index in [4.69, 9.17) is 10.1 Å². The maximum Gasteiger partial charge on any atom is 0.161 e. The fourth-order valence-electron chi connectivity index (χ4n) is 3.38. The molecule has 3 aromatic rings. The summed E-state index contributed by atoms with van der Waals surface area (Å²) >= 11 is 0. The summed E-state index contributed by atoms with van der Waals surface area (Å²) in [6.07, 6.45) is 2.52. The van der Waals surface area contributed by atoms with Crippen LogP contribution in [0.5, 0.6) is 0 Å². The van der Waals surface area contributed by atoms with Crippen molar-refractivity contribution in [1.82, 2.24) is 14.6 Å². The molecule has 1 aliphatic heterocycles. The summed E-state index contributed by atoms with van der Waals surface area (Å²) in [6, 6.07) is 10.7. The van der Waals surface area contributed by atoms with Gasteiger partial charge in [-0.3, -0.25) is 0 Å². The van der Waals surface area contributed by atoms with E-state index < -0.39 is 0 Å². The highest BCUT2D eigenvalue weighted by atomic mass is 15.4. The predicted molar refractivity (Wildman–Crippen MR) is 94.1 cm³/mol. The summed E-state index contributed by atoms with van der Waals surface area (Å²) < 4.78 is 2.03. The van der Waals surface area contributed by atoms with Gasteiger partial charge >= 0.3 is 0 Å². The lowest BCUT2D eigenvalue weighted by atomic mass is 10.1. The van der Waals surface area contributed by atoms with Gasteiger partial charge in [0.1, 0.15) is 5.82 Å². The van der Waals surface area contributed by atoms with Crippen LogP contribution in [0, 0.1) is 20.8 Å². The number of hydrogen-bond acceptors (Lipinski definition) is 3. The van der Waals surface area contributed by atoms with Crippen LogP contribution in [0.3, 0.4) is 0 Å². The van der Waals surface area contributed by atoms with E-state index in [0.29, 0.717) is 0 Å². The van der Waals surface area contributed by atoms with Crippen LogP contribution >= 0.6 is 0 Å². The Balaban J connectivity index is 1.92. The Kier molecular flexibility index (Phi) is 3.33. The van der Waals surface area contributed by atoms with Gasteiger partial charge in [0.05, 0.1) is 5.69 Å². The molecule has 1 aliphatic rings. The molecule has 0 saturated carbocycles. The molecule has 4 rings (SSSR count). The highest BCUT2D eigenvalue weighted by Crippen LogP contribution is 2.29. The summed E-state index contributed by atoms with van der Waals surface area (Å²) in [6.45, 7) is 8.51. The Morgan fingerprint density at radius 1 is 0.957 bits per heavy atom. The molecule has 0 aliphatic carbocycles. The van der Waals surface area contributed by atoms with Gasteiger partial charge in [-0.05, 0) is 33.6 Å². The molecule has 118 valence electrons. The van der Waals surface area contributed by atoms with Crippen LogP contribution in [0.15, 0.2) is 30.3 Å². The molecule has 23 heavy (non-hydrogen) atoms. The molecule has 0 radical (unpaired) electrons. The van der Waals surface area contributed by atoms with Crippen molar-refractivity contribution in [3.05, 3.63) is 47.2 Å². The first-order valence-corrected chi connectivity index (χ1v) is 8.32. The van der Waals surface area contributed by atoms with Crippen LogP contribution in [0.4, 0.5) is 5.82 Å². The van der Waals surface area contributed by atoms with Crippen molar-refractivity contribution < 1.29 is 0 Å². The van der Waals surface area contributed by atoms with E-state index in [1.54, 1.807) is 0 Å². The van der Waals surface area contributed by atoms with Crippen molar-refractivity contribution in [3.63, 3.8) is 0 Å². The van der Waals surface area contributed by atoms with Gasteiger partial charge in [0.25, 0.3) is 0 Å². The SMILES string of the molecule is Cc1ccc(-c2nn3c(N4CCCC4)cc(C)nc3c2C)cc1. The van der Waals surface area contributed by atoms with E-state index in [9.17, 15) is 0 Å². The lowest BCUT2D eigenvalue weighted by molar-refractivity contribution is 0.847. The van der Waals surface area contributed by atoms with E-state index >= 15 is 0 Å². The molecule has 1 aromatic carbocycles. The van der Waals surface area contributed by atoms with Crippen molar-refractivity contribution >= 4 is 11.5 Å². The Hall–Kier alpha value is -2.36. The Bertz CT molecular complexity index is 855. The zero-order chi connectivity index (χ0) is 16.0. The van der Waals surface area contributed by atoms with Crippen molar-refractivity contribution in [2.75, 3.05) is 18.0 Å². The van der Waals surface area contributed by atoms with Crippen LogP contribution in [0.1, 0.15) is 29.7 Å². The zero-order valence-electron chi connectivity index (χ0n) is 14.0. The van der Waals surface area contributed by atoms with Gasteiger partial charge in [0.15, 0.2) is 5.65 Å². The average molecular weight is 306 g/mol. The molecule has 1 saturated heterocycles. The molecule has 0 N–H and O–H groups in total. The summed E-state index contributed by atoms with van der Waals surface area (Å²) in [4.78, 5) is 7.17. The maximum atomic E-state index is 4.91. The predicted octanol–water partition coefficient (Wildman–Crippen LogP) is 3.92. The summed E-state index contributed by atoms with van der Waals surface area (Å²) in [5.74, 6) is 1.17. The van der Waals surface area contributed by atoms with E-state index in [1.165, 1.54) is 24.2 Å². The molecule has 3 heterocycles. The minimum atomic E-state index is 0.975. The minimum Gasteiger partial charge on any atom is -0.356 e. The molecular formula is C19H22N4. The molecule has 0 unspecified atom stereocenters. The molecule has 2 aromatic heterocycles. The Morgan fingerprint density at radius 2 is 1.65 bits per heavy atom. The second-order valence-corrected chi connectivity index (χ2v) is 6.52. The monoisotopic (exact) mass is 306 g/mol. The van der Waals surface area contributed by atoms with Crippen molar-refractivity contribution in [1.29, 1.82) is 0 Å². The van der Waals surface area contributed by atoms with E-state index in [2.05, 4.69) is 56.0 Å². The first kappa shape index (κ1) is 14.2. The summed E-state index contributed by atoms with van der Waals surface area (Å²) in [5.41, 5.74) is 6.63. The van der Waals surface area contributed by atoms with Crippen LogP contribution in [-0.4, -0.2) is 27.7 Å². The molecule has 0 atom stereocenters. The van der Waals surface area contributed by atoms with Crippen molar-refractivity contribution in [3.8, 4) is 11.3 Å². The lowest BCUT2D eigenvalue weighted by Gasteiger charge is -2.18. The molecule has 0 bridgehead atoms. The fourth-order valence-corrected chi connectivity index (χ4v) is 3.38. The minimum absolute atomic E-state index is 0.975. The van der Waals surface area contributed by atoms with E-state index in [-0.39, 0.29) is 0 Å². The summed E-state index contributed by atoms with van der Waals surface area (Å²) in [5, 5.41) is 4.91. The van der Waals surface area contributed by atoms with Gasteiger partial charge in [-0.15, -0.1) is 0 Å². The first-order chi connectivity index (χ1) is 11.1. The van der Waals surface area contributed by atoms with E-state index in [0.717, 1.165) is 41.3 Å². The summed E-state index contributed by atoms with van der Waals surface area (Å²) in [7, 11) is 0. The van der Waals surface area contributed by atoms with Gasteiger partial charge < -0.3 is 4.90 Å². The number of hydrogen-bond donors (Lipinski definition) is 0. The number of aromatic nitrogens is 3. The smallest absolute Gasteiger partial charge is 0.161 e. The number of rotatable bonds is 2.